The Bertz CT molecular complexity index is 687. The van der Waals surface area contributed by atoms with Gasteiger partial charge in [0, 0.05) is 18.5 Å². The average Bonchev–Trinajstić information content (AvgIpc) is 2.65. The van der Waals surface area contributed by atoms with Gasteiger partial charge in [-0.25, -0.2) is 0 Å². The zero-order chi connectivity index (χ0) is 20.4. The smallest absolute Gasteiger partial charge is 0.308 e. The third-order valence-electron chi connectivity index (χ3n) is 4.98. The fourth-order valence-corrected chi connectivity index (χ4v) is 3.47. The summed E-state index contributed by atoms with van der Waals surface area (Å²) in [6, 6.07) is 7.13. The van der Waals surface area contributed by atoms with Crippen molar-refractivity contribution in [3.05, 3.63) is 29.8 Å². The molecule has 0 aliphatic carbocycles. The van der Waals surface area contributed by atoms with Crippen LogP contribution in [-0.2, 0) is 21.5 Å². The maximum atomic E-state index is 13.1. The van der Waals surface area contributed by atoms with Crippen LogP contribution in [0.25, 0.3) is 0 Å². The second-order valence-electron chi connectivity index (χ2n) is 7.05. The highest BCUT2D eigenvalue weighted by molar-refractivity contribution is 7.87. The van der Waals surface area contributed by atoms with Crippen molar-refractivity contribution in [1.29, 1.82) is 0 Å². The predicted octanol–water partition coefficient (Wildman–Crippen LogP) is 4.76. The van der Waals surface area contributed by atoms with Crippen LogP contribution in [0.3, 0.4) is 0 Å². The zero-order valence-corrected chi connectivity index (χ0v) is 18.2. The number of carbonyl (C=O) groups excluding carboxylic acids is 1. The third-order valence-corrected chi connectivity index (χ3v) is 6.14. The molecule has 0 radical (unpaired) electrons. The lowest BCUT2D eigenvalue weighted by Crippen LogP contribution is -2.41. The number of nitrogens with zero attached hydrogens (tertiary/aromatic N) is 1. The molecule has 0 bridgehead atoms. The largest absolute Gasteiger partial charge is 0.382 e. The molecule has 1 rings (SSSR count). The van der Waals surface area contributed by atoms with E-state index in [9.17, 15) is 13.2 Å². The van der Waals surface area contributed by atoms with Crippen molar-refractivity contribution in [2.45, 2.75) is 79.3 Å². The Balaban J connectivity index is 3.01. The van der Waals surface area contributed by atoms with Crippen LogP contribution >= 0.6 is 0 Å². The summed E-state index contributed by atoms with van der Waals surface area (Å²) in [5.41, 5.74) is 0.873. The van der Waals surface area contributed by atoms with Crippen molar-refractivity contribution in [2.75, 3.05) is 5.75 Å². The first-order valence-electron chi connectivity index (χ1n) is 10.1. The summed E-state index contributed by atoms with van der Waals surface area (Å²) < 4.78 is 28.5. The van der Waals surface area contributed by atoms with Crippen molar-refractivity contribution in [1.82, 2.24) is 4.90 Å². The molecule has 1 aromatic carbocycles. The number of rotatable bonds is 12. The van der Waals surface area contributed by atoms with Crippen molar-refractivity contribution in [3.8, 4) is 5.75 Å². The van der Waals surface area contributed by atoms with E-state index in [0.717, 1.165) is 37.7 Å². The first-order valence-corrected chi connectivity index (χ1v) is 11.7. The van der Waals surface area contributed by atoms with Crippen LogP contribution in [0.4, 0.5) is 0 Å². The normalized spacial score (nSPS) is 13.8. The van der Waals surface area contributed by atoms with Crippen LogP contribution in [0.1, 0.15) is 72.3 Å². The second kappa shape index (κ2) is 11.3. The number of amides is 1. The molecule has 0 heterocycles. The molecule has 5 nitrogen and oxygen atoms in total. The van der Waals surface area contributed by atoms with Crippen LogP contribution in [0.5, 0.6) is 5.75 Å². The minimum Gasteiger partial charge on any atom is -0.382 e. The van der Waals surface area contributed by atoms with Gasteiger partial charge in [0.05, 0.1) is 5.75 Å². The molecule has 154 valence electrons. The van der Waals surface area contributed by atoms with Crippen LogP contribution in [0, 0.1) is 5.92 Å². The molecular weight excluding hydrogens is 362 g/mol. The highest BCUT2D eigenvalue weighted by Gasteiger charge is 2.26. The summed E-state index contributed by atoms with van der Waals surface area (Å²) in [5.74, 6) is 0.445. The monoisotopic (exact) mass is 397 g/mol. The zero-order valence-electron chi connectivity index (χ0n) is 17.4. The Morgan fingerprint density at radius 1 is 1.15 bits per heavy atom. The van der Waals surface area contributed by atoms with Gasteiger partial charge in [-0.1, -0.05) is 45.7 Å². The topological polar surface area (TPSA) is 63.7 Å². The van der Waals surface area contributed by atoms with Crippen molar-refractivity contribution in [2.24, 2.45) is 5.92 Å². The molecule has 1 amide bonds. The lowest BCUT2D eigenvalue weighted by molar-refractivity contribution is -0.138. The molecule has 0 saturated carbocycles. The van der Waals surface area contributed by atoms with Crippen molar-refractivity contribution >= 4 is 16.0 Å². The van der Waals surface area contributed by atoms with E-state index in [1.807, 2.05) is 11.0 Å². The summed E-state index contributed by atoms with van der Waals surface area (Å²) in [4.78, 5) is 15.1. The SMILES string of the molecule is CCCCC(CC)C(=O)N(Cc1cccc(OS(=O)(=O)CC)c1)C(C)CC. The molecule has 27 heavy (non-hydrogen) atoms. The lowest BCUT2D eigenvalue weighted by atomic mass is 9.96. The van der Waals surface area contributed by atoms with Crippen molar-refractivity contribution < 1.29 is 17.4 Å². The Labute approximate surface area is 165 Å². The molecule has 0 aliphatic heterocycles. The first kappa shape index (κ1) is 23.5. The Kier molecular flexibility index (Phi) is 9.84. The number of carbonyl (C=O) groups is 1. The van der Waals surface area contributed by atoms with E-state index < -0.39 is 10.1 Å². The highest BCUT2D eigenvalue weighted by atomic mass is 32.2. The van der Waals surface area contributed by atoms with E-state index in [2.05, 4.69) is 27.7 Å². The first-order chi connectivity index (χ1) is 12.8. The van der Waals surface area contributed by atoms with E-state index in [1.165, 1.54) is 0 Å². The maximum absolute atomic E-state index is 13.1. The van der Waals surface area contributed by atoms with Crippen LogP contribution in [0.15, 0.2) is 24.3 Å². The summed E-state index contributed by atoms with van der Waals surface area (Å²) in [6.45, 7) is 10.3. The summed E-state index contributed by atoms with van der Waals surface area (Å²) in [7, 11) is -3.56. The average molecular weight is 398 g/mol. The van der Waals surface area contributed by atoms with Gasteiger partial charge < -0.3 is 9.08 Å². The number of hydrogen-bond donors (Lipinski definition) is 0. The number of hydrogen-bond acceptors (Lipinski definition) is 4. The molecule has 1 aromatic rings. The second-order valence-corrected chi connectivity index (χ2v) is 8.91. The molecule has 2 atom stereocenters. The minimum atomic E-state index is -3.56. The van der Waals surface area contributed by atoms with Gasteiger partial charge in [-0.05, 0) is 50.8 Å². The lowest BCUT2D eigenvalue weighted by Gasteiger charge is -2.32. The fourth-order valence-electron chi connectivity index (χ4n) is 2.96. The van der Waals surface area contributed by atoms with Gasteiger partial charge in [-0.15, -0.1) is 0 Å². The minimum absolute atomic E-state index is 0.0406. The van der Waals surface area contributed by atoms with E-state index in [0.29, 0.717) is 12.3 Å². The van der Waals surface area contributed by atoms with Crippen LogP contribution in [0.2, 0.25) is 0 Å². The van der Waals surface area contributed by atoms with Gasteiger partial charge in [0.25, 0.3) is 0 Å². The van der Waals surface area contributed by atoms with E-state index >= 15 is 0 Å². The Morgan fingerprint density at radius 3 is 2.41 bits per heavy atom. The third kappa shape index (κ3) is 7.53. The fraction of sp³-hybridized carbons (Fsp3) is 0.667. The van der Waals surface area contributed by atoms with E-state index in [-0.39, 0.29) is 23.6 Å². The molecule has 0 aromatic heterocycles. The van der Waals surface area contributed by atoms with Gasteiger partial charge in [-0.3, -0.25) is 4.79 Å². The number of unbranched alkanes of at least 4 members (excludes halogenated alkanes) is 1. The molecular formula is C21H35NO4S. The predicted molar refractivity (Wildman–Crippen MR) is 110 cm³/mol. The quantitative estimate of drug-likeness (QED) is 0.477. The van der Waals surface area contributed by atoms with Gasteiger partial charge in [-0.2, -0.15) is 8.42 Å². The number of benzene rings is 1. The summed E-state index contributed by atoms with van der Waals surface area (Å²) in [6.07, 6.45) is 4.76. The highest BCUT2D eigenvalue weighted by Crippen LogP contribution is 2.23. The van der Waals surface area contributed by atoms with E-state index in [1.54, 1.807) is 25.1 Å². The molecule has 0 fully saturated rings. The molecule has 2 unspecified atom stereocenters. The Morgan fingerprint density at radius 2 is 1.85 bits per heavy atom. The maximum Gasteiger partial charge on any atom is 0.308 e. The summed E-state index contributed by atoms with van der Waals surface area (Å²) in [5, 5.41) is 0. The van der Waals surface area contributed by atoms with Gasteiger partial charge in [0.1, 0.15) is 5.75 Å². The Hall–Kier alpha value is -1.56. The molecule has 0 aliphatic rings. The van der Waals surface area contributed by atoms with Gasteiger partial charge >= 0.3 is 10.1 Å². The molecule has 0 spiro atoms. The van der Waals surface area contributed by atoms with E-state index in [4.69, 9.17) is 4.18 Å². The van der Waals surface area contributed by atoms with Crippen molar-refractivity contribution in [3.63, 3.8) is 0 Å². The van der Waals surface area contributed by atoms with Gasteiger partial charge in [0.2, 0.25) is 5.91 Å². The van der Waals surface area contributed by atoms with Crippen LogP contribution < -0.4 is 4.18 Å². The molecule has 0 N–H and O–H groups in total. The summed E-state index contributed by atoms with van der Waals surface area (Å²) >= 11 is 0. The molecule has 6 heteroatoms. The van der Waals surface area contributed by atoms with Gasteiger partial charge in [0.15, 0.2) is 0 Å². The van der Waals surface area contributed by atoms with Crippen LogP contribution in [-0.4, -0.2) is 31.0 Å². The standard InChI is InChI=1S/C21H35NO4S/c1-6-10-13-19(8-3)21(23)22(17(5)7-2)16-18-12-11-14-20(15-18)26-27(24,25)9-4/h11-12,14-15,17,19H,6-10,13,16H2,1-5H3. The molecule has 0 saturated heterocycles.